The number of fused-ring (bicyclic) bond motifs is 1. The van der Waals surface area contributed by atoms with Crippen LogP contribution in [0.2, 0.25) is 5.02 Å². The van der Waals surface area contributed by atoms with Crippen molar-refractivity contribution in [2.45, 2.75) is 6.92 Å². The number of carbonyl (C=O) groups is 1. The molecule has 0 radical (unpaired) electrons. The number of rotatable bonds is 4. The van der Waals surface area contributed by atoms with Crippen LogP contribution in [0.15, 0.2) is 52.7 Å². The van der Waals surface area contributed by atoms with Gasteiger partial charge in [-0.05, 0) is 36.8 Å². The minimum atomic E-state index is -0.561. The van der Waals surface area contributed by atoms with Crippen molar-refractivity contribution in [1.29, 1.82) is 0 Å². The third-order valence-corrected chi connectivity index (χ3v) is 3.66. The molecule has 0 aliphatic carbocycles. The Morgan fingerprint density at radius 1 is 1.29 bits per heavy atom. The van der Waals surface area contributed by atoms with Gasteiger partial charge in [-0.2, -0.15) is 0 Å². The number of para-hydroxylation sites is 1. The fourth-order valence-corrected chi connectivity index (χ4v) is 2.40. The van der Waals surface area contributed by atoms with Gasteiger partial charge in [-0.25, -0.2) is 0 Å². The first-order valence-electron chi connectivity index (χ1n) is 7.18. The molecular weight excluding hydrogens is 330 g/mol. The first kappa shape index (κ1) is 16.0. The van der Waals surface area contributed by atoms with Gasteiger partial charge in [-0.15, -0.1) is 10.2 Å². The van der Waals surface area contributed by atoms with E-state index < -0.39 is 5.91 Å². The Hall–Kier alpha value is -2.86. The van der Waals surface area contributed by atoms with Gasteiger partial charge < -0.3 is 14.8 Å². The summed E-state index contributed by atoms with van der Waals surface area (Å²) in [5.41, 5.74) is 1.73. The van der Waals surface area contributed by atoms with E-state index in [4.69, 9.17) is 16.3 Å². The molecule has 0 spiro atoms. The molecule has 0 bridgehead atoms. The van der Waals surface area contributed by atoms with Crippen LogP contribution in [0.4, 0.5) is 5.69 Å². The Kier molecular flexibility index (Phi) is 4.48. The number of H-pyrrole nitrogens is 1. The third kappa shape index (κ3) is 3.38. The first-order valence-corrected chi connectivity index (χ1v) is 7.55. The van der Waals surface area contributed by atoms with Crippen molar-refractivity contribution in [2.24, 2.45) is 10.2 Å². The SMILES string of the molecule is Cc1ccccc1OCC(=O)N=Nc1c(O)[nH]c2ccc(Cl)cc12. The molecular formula is C17H14ClN3O3. The standard InChI is InChI=1S/C17H14ClN3O3/c1-10-4-2-3-5-14(10)24-9-15(22)20-21-16-12-8-11(18)6-7-13(12)19-17(16)23/h2-8,19,23H,9H2,1H3. The van der Waals surface area contributed by atoms with Crippen LogP contribution >= 0.6 is 11.6 Å². The van der Waals surface area contributed by atoms with Gasteiger partial charge >= 0.3 is 5.91 Å². The summed E-state index contributed by atoms with van der Waals surface area (Å²) in [5.74, 6) is -0.125. The number of aryl methyl sites for hydroxylation is 1. The van der Waals surface area contributed by atoms with Gasteiger partial charge in [0.25, 0.3) is 0 Å². The number of aromatic amines is 1. The predicted molar refractivity (Wildman–Crippen MR) is 91.2 cm³/mol. The molecule has 1 heterocycles. The molecule has 3 rings (SSSR count). The Morgan fingerprint density at radius 2 is 2.08 bits per heavy atom. The lowest BCUT2D eigenvalue weighted by Crippen LogP contribution is -2.08. The van der Waals surface area contributed by atoms with E-state index in [2.05, 4.69) is 15.2 Å². The number of hydrogen-bond acceptors (Lipinski definition) is 4. The summed E-state index contributed by atoms with van der Waals surface area (Å²) in [6.07, 6.45) is 0. The molecule has 6 nitrogen and oxygen atoms in total. The molecule has 24 heavy (non-hydrogen) atoms. The van der Waals surface area contributed by atoms with E-state index in [1.165, 1.54) is 0 Å². The van der Waals surface area contributed by atoms with Gasteiger partial charge in [0.15, 0.2) is 12.3 Å². The number of aromatic nitrogens is 1. The van der Waals surface area contributed by atoms with E-state index >= 15 is 0 Å². The quantitative estimate of drug-likeness (QED) is 0.682. The lowest BCUT2D eigenvalue weighted by molar-refractivity contribution is -0.120. The number of ether oxygens (including phenoxy) is 1. The van der Waals surface area contributed by atoms with E-state index in [1.54, 1.807) is 24.3 Å². The fraction of sp³-hybridized carbons (Fsp3) is 0.118. The minimum Gasteiger partial charge on any atom is -0.493 e. The van der Waals surface area contributed by atoms with Crippen LogP contribution in [0, 0.1) is 6.92 Å². The molecule has 1 amide bonds. The number of amides is 1. The average molecular weight is 344 g/mol. The molecule has 0 atom stereocenters. The van der Waals surface area contributed by atoms with Gasteiger partial charge in [0, 0.05) is 10.4 Å². The molecule has 0 saturated heterocycles. The molecule has 2 aromatic carbocycles. The molecule has 0 aliphatic rings. The molecule has 3 aromatic rings. The van der Waals surface area contributed by atoms with E-state index in [1.807, 2.05) is 25.1 Å². The maximum atomic E-state index is 11.8. The topological polar surface area (TPSA) is 87.0 Å². The van der Waals surface area contributed by atoms with Gasteiger partial charge in [-0.3, -0.25) is 4.79 Å². The third-order valence-electron chi connectivity index (χ3n) is 3.42. The molecule has 7 heteroatoms. The Morgan fingerprint density at radius 3 is 2.88 bits per heavy atom. The van der Waals surface area contributed by atoms with Crippen molar-refractivity contribution >= 4 is 34.1 Å². The summed E-state index contributed by atoms with van der Waals surface area (Å²) in [4.78, 5) is 14.6. The zero-order valence-corrected chi connectivity index (χ0v) is 13.5. The van der Waals surface area contributed by atoms with Gasteiger partial charge in [0.2, 0.25) is 5.88 Å². The summed E-state index contributed by atoms with van der Waals surface area (Å²) in [5, 5.41) is 18.4. The Labute approximate surface area is 142 Å². The summed E-state index contributed by atoms with van der Waals surface area (Å²) in [6, 6.07) is 12.4. The van der Waals surface area contributed by atoms with Crippen molar-refractivity contribution < 1.29 is 14.6 Å². The van der Waals surface area contributed by atoms with E-state index in [9.17, 15) is 9.90 Å². The Balaban J connectivity index is 1.74. The van der Waals surface area contributed by atoms with Crippen molar-refractivity contribution in [3.8, 4) is 11.6 Å². The number of hydrogen-bond donors (Lipinski definition) is 2. The predicted octanol–water partition coefficient (Wildman–Crippen LogP) is 4.52. The average Bonchev–Trinajstić information content (AvgIpc) is 2.87. The highest BCUT2D eigenvalue weighted by Gasteiger charge is 2.11. The zero-order valence-electron chi connectivity index (χ0n) is 12.8. The van der Waals surface area contributed by atoms with Crippen LogP contribution in [-0.2, 0) is 4.79 Å². The second-order valence-corrected chi connectivity index (χ2v) is 5.60. The van der Waals surface area contributed by atoms with Crippen LogP contribution in [0.3, 0.4) is 0 Å². The summed E-state index contributed by atoms with van der Waals surface area (Å²) in [7, 11) is 0. The number of carbonyl (C=O) groups excluding carboxylic acids is 1. The summed E-state index contributed by atoms with van der Waals surface area (Å²) >= 11 is 5.94. The first-order chi connectivity index (χ1) is 11.5. The molecule has 0 aliphatic heterocycles. The monoisotopic (exact) mass is 343 g/mol. The van der Waals surface area contributed by atoms with Crippen molar-refractivity contribution in [2.75, 3.05) is 6.61 Å². The van der Waals surface area contributed by atoms with Gasteiger partial charge in [0.1, 0.15) is 5.75 Å². The highest BCUT2D eigenvalue weighted by Crippen LogP contribution is 2.36. The second-order valence-electron chi connectivity index (χ2n) is 5.16. The molecule has 0 saturated carbocycles. The zero-order chi connectivity index (χ0) is 17.1. The lowest BCUT2D eigenvalue weighted by Gasteiger charge is -2.05. The van der Waals surface area contributed by atoms with Crippen LogP contribution in [0.1, 0.15) is 5.56 Å². The van der Waals surface area contributed by atoms with E-state index in [0.29, 0.717) is 21.7 Å². The maximum absolute atomic E-state index is 11.8. The molecule has 1 aromatic heterocycles. The largest absolute Gasteiger partial charge is 0.493 e. The smallest absolute Gasteiger partial charge is 0.302 e. The van der Waals surface area contributed by atoms with Crippen LogP contribution in [0.5, 0.6) is 11.6 Å². The molecule has 2 N–H and O–H groups in total. The number of nitrogens with one attached hydrogen (secondary N) is 1. The van der Waals surface area contributed by atoms with Crippen LogP contribution < -0.4 is 4.74 Å². The number of aromatic hydroxyl groups is 1. The highest BCUT2D eigenvalue weighted by molar-refractivity contribution is 6.31. The van der Waals surface area contributed by atoms with Gasteiger partial charge in [-0.1, -0.05) is 29.8 Å². The maximum Gasteiger partial charge on any atom is 0.302 e. The molecule has 0 unspecified atom stereocenters. The van der Waals surface area contributed by atoms with Crippen LogP contribution in [-0.4, -0.2) is 22.6 Å². The molecule has 122 valence electrons. The summed E-state index contributed by atoms with van der Waals surface area (Å²) in [6.45, 7) is 1.65. The lowest BCUT2D eigenvalue weighted by atomic mass is 10.2. The highest BCUT2D eigenvalue weighted by atomic mass is 35.5. The fourth-order valence-electron chi connectivity index (χ4n) is 2.23. The minimum absolute atomic E-state index is 0.164. The molecule has 0 fully saturated rings. The number of nitrogens with zero attached hydrogens (tertiary/aromatic N) is 2. The van der Waals surface area contributed by atoms with Crippen molar-refractivity contribution in [3.63, 3.8) is 0 Å². The van der Waals surface area contributed by atoms with Crippen molar-refractivity contribution in [3.05, 3.63) is 53.1 Å². The van der Waals surface area contributed by atoms with Gasteiger partial charge in [0.05, 0.1) is 5.52 Å². The van der Waals surface area contributed by atoms with Crippen molar-refractivity contribution in [1.82, 2.24) is 4.98 Å². The Bertz CT molecular complexity index is 934. The van der Waals surface area contributed by atoms with Crippen LogP contribution in [0.25, 0.3) is 10.9 Å². The normalized spacial score (nSPS) is 11.2. The number of azo groups is 1. The number of halogens is 1. The second kappa shape index (κ2) is 6.72. The van der Waals surface area contributed by atoms with E-state index in [0.717, 1.165) is 5.56 Å². The summed E-state index contributed by atoms with van der Waals surface area (Å²) < 4.78 is 5.41. The van der Waals surface area contributed by atoms with E-state index in [-0.39, 0.29) is 18.2 Å². The number of benzene rings is 2.